The molecule has 0 saturated heterocycles. The summed E-state index contributed by atoms with van der Waals surface area (Å²) in [6.45, 7) is 0. The molecule has 5 nitrogen and oxygen atoms in total. The van der Waals surface area contributed by atoms with Gasteiger partial charge in [0.25, 0.3) is 5.91 Å². The molecule has 2 aromatic heterocycles. The van der Waals surface area contributed by atoms with Crippen LogP contribution in [0, 0.1) is 0 Å². The van der Waals surface area contributed by atoms with Crippen LogP contribution in [-0.4, -0.2) is 22.9 Å². The highest BCUT2D eigenvalue weighted by molar-refractivity contribution is 5.96. The number of pyridine rings is 2. The number of amides is 1. The van der Waals surface area contributed by atoms with Crippen molar-refractivity contribution in [1.29, 1.82) is 0 Å². The Morgan fingerprint density at radius 2 is 1.57 bits per heavy atom. The van der Waals surface area contributed by atoms with E-state index in [-0.39, 0.29) is 16.8 Å². The third-order valence-corrected chi connectivity index (χ3v) is 5.19. The van der Waals surface area contributed by atoms with E-state index in [1.165, 1.54) is 37.5 Å². The van der Waals surface area contributed by atoms with Gasteiger partial charge in [0.05, 0.1) is 27.9 Å². The summed E-state index contributed by atoms with van der Waals surface area (Å²) in [4.78, 5) is 19.9. The Hall–Kier alpha value is -4.15. The first-order valence-corrected chi connectivity index (χ1v) is 10.1. The molecule has 4 aromatic rings. The van der Waals surface area contributed by atoms with Crippen LogP contribution in [-0.2, 0) is 12.4 Å². The van der Waals surface area contributed by atoms with E-state index in [1.54, 1.807) is 12.1 Å². The molecule has 2 N–H and O–H groups in total. The highest BCUT2D eigenvalue weighted by atomic mass is 19.4. The van der Waals surface area contributed by atoms with Crippen LogP contribution in [0.4, 0.5) is 37.7 Å². The van der Waals surface area contributed by atoms with Crippen LogP contribution in [0.15, 0.2) is 67.0 Å². The molecule has 0 fully saturated rings. The number of benzene rings is 2. The third kappa shape index (κ3) is 5.03. The van der Waals surface area contributed by atoms with Gasteiger partial charge in [-0.3, -0.25) is 14.8 Å². The molecule has 0 saturated carbocycles. The first kappa shape index (κ1) is 24.0. The van der Waals surface area contributed by atoms with Gasteiger partial charge >= 0.3 is 12.4 Å². The van der Waals surface area contributed by atoms with E-state index in [9.17, 15) is 31.1 Å². The molecule has 0 atom stereocenters. The quantitative estimate of drug-likeness (QED) is 0.323. The lowest BCUT2D eigenvalue weighted by molar-refractivity contribution is -0.138. The lowest BCUT2D eigenvalue weighted by Gasteiger charge is -2.15. The molecule has 0 aliphatic carbocycles. The van der Waals surface area contributed by atoms with Crippen molar-refractivity contribution in [3.05, 3.63) is 83.7 Å². The maximum absolute atomic E-state index is 13.7. The van der Waals surface area contributed by atoms with Crippen LogP contribution in [0.3, 0.4) is 0 Å². The molecule has 2 aromatic carbocycles. The molecule has 1 amide bonds. The minimum Gasteiger partial charge on any atom is -0.355 e. The molecule has 180 valence electrons. The Bertz CT molecular complexity index is 1400. The smallest absolute Gasteiger partial charge is 0.355 e. The average molecular weight is 490 g/mol. The van der Waals surface area contributed by atoms with Crippen molar-refractivity contribution in [2.24, 2.45) is 0 Å². The lowest BCUT2D eigenvalue weighted by Crippen LogP contribution is -2.19. The highest BCUT2D eigenvalue weighted by Gasteiger charge is 2.35. The number of anilines is 2. The van der Waals surface area contributed by atoms with Gasteiger partial charge in [0.1, 0.15) is 0 Å². The molecule has 11 heteroatoms. The minimum absolute atomic E-state index is 0.132. The number of hydrogen-bond donors (Lipinski definition) is 2. The van der Waals surface area contributed by atoms with Gasteiger partial charge < -0.3 is 10.6 Å². The zero-order chi connectivity index (χ0) is 25.4. The third-order valence-electron chi connectivity index (χ3n) is 5.19. The predicted molar refractivity (Wildman–Crippen MR) is 118 cm³/mol. The van der Waals surface area contributed by atoms with Crippen LogP contribution < -0.4 is 10.6 Å². The molecule has 0 aliphatic heterocycles. The number of aromatic nitrogens is 2. The summed E-state index contributed by atoms with van der Waals surface area (Å²) < 4.78 is 79.6. The Morgan fingerprint density at radius 1 is 0.857 bits per heavy atom. The van der Waals surface area contributed by atoms with Crippen LogP contribution in [0.5, 0.6) is 0 Å². The molecule has 2 heterocycles. The Balaban J connectivity index is 1.72. The second-order valence-electron chi connectivity index (χ2n) is 7.49. The molecule has 35 heavy (non-hydrogen) atoms. The second kappa shape index (κ2) is 8.90. The summed E-state index contributed by atoms with van der Waals surface area (Å²) in [6.07, 6.45) is -6.74. The fraction of sp³-hybridized carbons (Fsp3) is 0.125. The van der Waals surface area contributed by atoms with Crippen molar-refractivity contribution in [1.82, 2.24) is 15.3 Å². The maximum atomic E-state index is 13.7. The Kier molecular flexibility index (Phi) is 6.10. The first-order valence-electron chi connectivity index (χ1n) is 10.1. The number of nitrogens with one attached hydrogen (secondary N) is 2. The fourth-order valence-electron chi connectivity index (χ4n) is 3.48. The van der Waals surface area contributed by atoms with Crippen molar-refractivity contribution in [3.63, 3.8) is 0 Å². The van der Waals surface area contributed by atoms with Gasteiger partial charge in [-0.1, -0.05) is 12.1 Å². The van der Waals surface area contributed by atoms with Gasteiger partial charge in [-0.2, -0.15) is 26.3 Å². The average Bonchev–Trinajstić information content (AvgIpc) is 2.82. The van der Waals surface area contributed by atoms with Crippen molar-refractivity contribution in [3.8, 4) is 11.3 Å². The fourth-order valence-corrected chi connectivity index (χ4v) is 3.48. The normalized spacial score (nSPS) is 12.0. The Morgan fingerprint density at radius 3 is 2.20 bits per heavy atom. The molecule has 0 unspecified atom stereocenters. The second-order valence-corrected chi connectivity index (χ2v) is 7.49. The monoisotopic (exact) mass is 490 g/mol. The zero-order valence-electron chi connectivity index (χ0n) is 17.9. The summed E-state index contributed by atoms with van der Waals surface area (Å²) >= 11 is 0. The van der Waals surface area contributed by atoms with Gasteiger partial charge in [0.2, 0.25) is 0 Å². The molecule has 4 rings (SSSR count). The van der Waals surface area contributed by atoms with Gasteiger partial charge in [-0.25, -0.2) is 0 Å². The van der Waals surface area contributed by atoms with Crippen LogP contribution in [0.2, 0.25) is 0 Å². The first-order chi connectivity index (χ1) is 16.5. The summed E-state index contributed by atoms with van der Waals surface area (Å²) in [5, 5.41) is 5.79. The van der Waals surface area contributed by atoms with E-state index in [4.69, 9.17) is 0 Å². The summed E-state index contributed by atoms with van der Waals surface area (Å²) in [5.41, 5.74) is -1.10. The molecular formula is C24H16F6N4O. The number of halogens is 6. The maximum Gasteiger partial charge on any atom is 0.418 e. The number of rotatable bonds is 4. The minimum atomic E-state index is -4.76. The zero-order valence-corrected chi connectivity index (χ0v) is 17.9. The molecule has 0 radical (unpaired) electrons. The van der Waals surface area contributed by atoms with E-state index < -0.39 is 29.4 Å². The number of fused-ring (bicyclic) bond motifs is 1. The predicted octanol–water partition coefficient (Wildman–Crippen LogP) is 6.44. The lowest BCUT2D eigenvalue weighted by atomic mass is 10.0. The van der Waals surface area contributed by atoms with Crippen molar-refractivity contribution >= 4 is 28.2 Å². The van der Waals surface area contributed by atoms with Crippen molar-refractivity contribution in [2.45, 2.75) is 12.4 Å². The molecule has 0 aliphatic rings. The SMILES string of the molecule is CNC(=O)c1cnc(-c2ccc3c(Nc4ccc(C(F)(F)F)cc4)ccnc3c2)c(C(F)(F)F)c1. The number of nitrogens with zero attached hydrogens (tertiary/aromatic N) is 2. The largest absolute Gasteiger partial charge is 0.418 e. The van der Waals surface area contributed by atoms with Crippen molar-refractivity contribution in [2.75, 3.05) is 12.4 Å². The van der Waals surface area contributed by atoms with Gasteiger partial charge in [0.15, 0.2) is 0 Å². The van der Waals surface area contributed by atoms with Gasteiger partial charge in [-0.15, -0.1) is 0 Å². The topological polar surface area (TPSA) is 66.9 Å². The number of alkyl halides is 6. The molecule has 0 bridgehead atoms. The highest BCUT2D eigenvalue weighted by Crippen LogP contribution is 2.38. The van der Waals surface area contributed by atoms with Gasteiger partial charge in [-0.05, 0) is 42.5 Å². The summed E-state index contributed by atoms with van der Waals surface area (Å²) in [5.74, 6) is -0.700. The molecular weight excluding hydrogens is 474 g/mol. The van der Waals surface area contributed by atoms with E-state index in [0.29, 0.717) is 22.3 Å². The number of carbonyl (C=O) groups excluding carboxylic acids is 1. The van der Waals surface area contributed by atoms with E-state index >= 15 is 0 Å². The van der Waals surface area contributed by atoms with Crippen molar-refractivity contribution < 1.29 is 31.1 Å². The summed E-state index contributed by atoms with van der Waals surface area (Å²) in [6, 6.07) is 11.2. The van der Waals surface area contributed by atoms with Crippen LogP contribution >= 0.6 is 0 Å². The van der Waals surface area contributed by atoms with E-state index in [2.05, 4.69) is 20.6 Å². The van der Waals surface area contributed by atoms with Crippen LogP contribution in [0.25, 0.3) is 22.2 Å². The summed E-state index contributed by atoms with van der Waals surface area (Å²) in [7, 11) is 1.30. The Labute approximate surface area is 194 Å². The van der Waals surface area contributed by atoms with E-state index in [0.717, 1.165) is 24.4 Å². The number of hydrogen-bond acceptors (Lipinski definition) is 4. The standard InChI is InChI=1S/C24H16F6N4O/c1-31-22(35)14-10-18(24(28,29)30)21(33-12-14)13-2-7-17-19(8-9-32-20(17)11-13)34-16-5-3-15(4-6-16)23(25,26)27/h2-12H,1H3,(H,31,35)(H,32,34). The number of carbonyl (C=O) groups is 1. The van der Waals surface area contributed by atoms with Gasteiger partial charge in [0, 0.05) is 41.8 Å². The molecule has 0 spiro atoms. The van der Waals surface area contributed by atoms with E-state index in [1.807, 2.05) is 0 Å². The van der Waals surface area contributed by atoms with Crippen LogP contribution in [0.1, 0.15) is 21.5 Å².